The summed E-state index contributed by atoms with van der Waals surface area (Å²) >= 11 is 6.54. The van der Waals surface area contributed by atoms with Gasteiger partial charge in [0.15, 0.2) is 0 Å². The number of nitro benzene ring substituents is 1. The Labute approximate surface area is 93.2 Å². The monoisotopic (exact) mass is 241 g/mol. The quantitative estimate of drug-likeness (QED) is 0.461. The first-order valence-electron chi connectivity index (χ1n) is 3.96. The van der Waals surface area contributed by atoms with Crippen molar-refractivity contribution in [3.05, 3.63) is 39.3 Å². The molecular weight excluding hydrogens is 238 g/mol. The molecule has 0 fully saturated rings. The maximum absolute atomic E-state index is 10.9. The minimum atomic E-state index is -0.543. The summed E-state index contributed by atoms with van der Waals surface area (Å²) in [5.41, 5.74) is 0.00821. The third-order valence-corrected chi connectivity index (χ3v) is 3.33. The van der Waals surface area contributed by atoms with E-state index in [1.54, 1.807) is 12.1 Å². The number of nitrogens with zero attached hydrogens (tertiary/aromatic N) is 1. The van der Waals surface area contributed by atoms with Crippen LogP contribution in [-0.2, 0) is 0 Å². The molecule has 0 atom stereocenters. The fourth-order valence-corrected chi connectivity index (χ4v) is 2.29. The molecule has 0 aliphatic heterocycles. The molecule has 1 aromatic carbocycles. The third-order valence-electron chi connectivity index (χ3n) is 1.90. The van der Waals surface area contributed by atoms with Gasteiger partial charge >= 0.3 is 0 Å². The minimum absolute atomic E-state index is 0.00821. The number of thiophene rings is 1. The van der Waals surface area contributed by atoms with Crippen LogP contribution >= 0.6 is 22.9 Å². The van der Waals surface area contributed by atoms with Crippen LogP contribution in [0.2, 0.25) is 0 Å². The van der Waals surface area contributed by atoms with E-state index in [1.807, 2.05) is 0 Å². The molecule has 0 spiro atoms. The SMILES string of the molecule is O=C(Cl)c1cc2cc([N+](=O)[O-])ccc2s1. The number of carbonyl (C=O) groups is 1. The van der Waals surface area contributed by atoms with Crippen molar-refractivity contribution in [2.45, 2.75) is 0 Å². The van der Waals surface area contributed by atoms with Crippen molar-refractivity contribution in [3.63, 3.8) is 0 Å². The lowest BCUT2D eigenvalue weighted by atomic mass is 10.2. The van der Waals surface area contributed by atoms with Gasteiger partial charge in [0.1, 0.15) is 0 Å². The van der Waals surface area contributed by atoms with E-state index in [2.05, 4.69) is 0 Å². The van der Waals surface area contributed by atoms with E-state index in [0.29, 0.717) is 10.3 Å². The molecule has 0 N–H and O–H groups in total. The lowest BCUT2D eigenvalue weighted by molar-refractivity contribution is -0.384. The zero-order valence-electron chi connectivity index (χ0n) is 7.27. The molecule has 4 nitrogen and oxygen atoms in total. The molecule has 76 valence electrons. The van der Waals surface area contributed by atoms with Crippen molar-refractivity contribution in [2.75, 3.05) is 0 Å². The number of carbonyl (C=O) groups excluding carboxylic acids is 1. The molecule has 1 heterocycles. The Hall–Kier alpha value is -1.46. The highest BCUT2D eigenvalue weighted by molar-refractivity contribution is 7.22. The normalized spacial score (nSPS) is 10.5. The first-order valence-corrected chi connectivity index (χ1v) is 5.15. The Morgan fingerprint density at radius 2 is 2.13 bits per heavy atom. The first kappa shape index (κ1) is 10.1. The molecule has 1 aromatic heterocycles. The van der Waals surface area contributed by atoms with Crippen molar-refractivity contribution in [1.29, 1.82) is 0 Å². The van der Waals surface area contributed by atoms with Crippen molar-refractivity contribution in [1.82, 2.24) is 0 Å². The number of non-ortho nitro benzene ring substituents is 1. The van der Waals surface area contributed by atoms with Crippen LogP contribution in [0.25, 0.3) is 10.1 Å². The number of halogens is 1. The maximum Gasteiger partial charge on any atom is 0.270 e. The highest BCUT2D eigenvalue weighted by atomic mass is 35.5. The van der Waals surface area contributed by atoms with Gasteiger partial charge in [0.2, 0.25) is 0 Å². The summed E-state index contributed by atoms with van der Waals surface area (Å²) in [6, 6.07) is 6.00. The second kappa shape index (κ2) is 3.60. The molecule has 15 heavy (non-hydrogen) atoms. The van der Waals surface area contributed by atoms with Crippen LogP contribution < -0.4 is 0 Å². The van der Waals surface area contributed by atoms with E-state index in [0.717, 1.165) is 4.70 Å². The molecule has 0 aliphatic carbocycles. The van der Waals surface area contributed by atoms with Gasteiger partial charge in [0.05, 0.1) is 9.80 Å². The van der Waals surface area contributed by atoms with Gasteiger partial charge in [-0.05, 0) is 23.7 Å². The van der Waals surface area contributed by atoms with Gasteiger partial charge < -0.3 is 0 Å². The summed E-state index contributed by atoms with van der Waals surface area (Å²) in [6.45, 7) is 0. The molecule has 0 unspecified atom stereocenters. The van der Waals surface area contributed by atoms with E-state index < -0.39 is 10.2 Å². The van der Waals surface area contributed by atoms with E-state index in [9.17, 15) is 14.9 Å². The molecule has 0 saturated carbocycles. The highest BCUT2D eigenvalue weighted by Gasteiger charge is 2.11. The van der Waals surface area contributed by atoms with Crippen molar-refractivity contribution >= 4 is 44.0 Å². The Balaban J connectivity index is 2.62. The van der Waals surface area contributed by atoms with Gasteiger partial charge in [-0.3, -0.25) is 14.9 Å². The molecule has 2 rings (SSSR count). The number of nitro groups is 1. The summed E-state index contributed by atoms with van der Waals surface area (Å²) in [6.07, 6.45) is 0. The predicted octanol–water partition coefficient (Wildman–Crippen LogP) is 3.19. The van der Waals surface area contributed by atoms with Crippen LogP contribution in [0.3, 0.4) is 0 Å². The van der Waals surface area contributed by atoms with E-state index >= 15 is 0 Å². The average molecular weight is 242 g/mol. The van der Waals surface area contributed by atoms with E-state index in [-0.39, 0.29) is 5.69 Å². The molecular formula is C9H4ClNO3S. The minimum Gasteiger partial charge on any atom is -0.275 e. The Morgan fingerprint density at radius 3 is 2.73 bits per heavy atom. The van der Waals surface area contributed by atoms with E-state index in [1.165, 1.54) is 23.5 Å². The summed E-state index contributed by atoms with van der Waals surface area (Å²) in [7, 11) is 0. The fraction of sp³-hybridized carbons (Fsp3) is 0. The molecule has 2 aromatic rings. The number of rotatable bonds is 2. The maximum atomic E-state index is 10.9. The number of hydrogen-bond donors (Lipinski definition) is 0. The lowest BCUT2D eigenvalue weighted by Crippen LogP contribution is -1.85. The fourth-order valence-electron chi connectivity index (χ4n) is 1.24. The van der Waals surface area contributed by atoms with Crippen LogP contribution in [0.4, 0.5) is 5.69 Å². The van der Waals surface area contributed by atoms with Gasteiger partial charge in [0, 0.05) is 22.2 Å². The van der Waals surface area contributed by atoms with Gasteiger partial charge in [0.25, 0.3) is 10.9 Å². The molecule has 0 aliphatic rings. The van der Waals surface area contributed by atoms with Crippen molar-refractivity contribution in [3.8, 4) is 0 Å². The first-order chi connectivity index (χ1) is 7.08. The Bertz CT molecular complexity index is 551. The molecule has 0 radical (unpaired) electrons. The number of hydrogen-bond acceptors (Lipinski definition) is 4. The smallest absolute Gasteiger partial charge is 0.270 e. The zero-order chi connectivity index (χ0) is 11.0. The Morgan fingerprint density at radius 1 is 1.40 bits per heavy atom. The zero-order valence-corrected chi connectivity index (χ0v) is 8.84. The van der Waals surface area contributed by atoms with E-state index in [4.69, 9.17) is 11.6 Å². The second-order valence-electron chi connectivity index (χ2n) is 2.86. The van der Waals surface area contributed by atoms with Crippen LogP contribution in [0.15, 0.2) is 24.3 Å². The summed E-state index contributed by atoms with van der Waals surface area (Å²) in [4.78, 5) is 21.3. The lowest BCUT2D eigenvalue weighted by Gasteiger charge is -1.89. The molecule has 0 saturated heterocycles. The van der Waals surface area contributed by atoms with Crippen molar-refractivity contribution in [2.24, 2.45) is 0 Å². The van der Waals surface area contributed by atoms with Crippen LogP contribution in [-0.4, -0.2) is 10.2 Å². The average Bonchev–Trinajstić information content (AvgIpc) is 2.59. The molecule has 0 bridgehead atoms. The molecule has 6 heteroatoms. The summed E-state index contributed by atoms with van der Waals surface area (Å²) in [5.74, 6) is 0. The number of benzene rings is 1. The third kappa shape index (κ3) is 1.84. The van der Waals surface area contributed by atoms with Gasteiger partial charge in [-0.25, -0.2) is 0 Å². The van der Waals surface area contributed by atoms with Crippen LogP contribution in [0.5, 0.6) is 0 Å². The van der Waals surface area contributed by atoms with Gasteiger partial charge in [-0.1, -0.05) is 0 Å². The van der Waals surface area contributed by atoms with Crippen LogP contribution in [0, 0.1) is 10.1 Å². The number of fused-ring (bicyclic) bond motifs is 1. The summed E-state index contributed by atoms with van der Waals surface area (Å²) in [5, 5.41) is 10.6. The standard InChI is InChI=1S/C9H4ClNO3S/c10-9(12)8-4-5-3-6(11(13)14)1-2-7(5)15-8/h1-4H. The van der Waals surface area contributed by atoms with Crippen molar-refractivity contribution < 1.29 is 9.72 Å². The summed E-state index contributed by atoms with van der Waals surface area (Å²) < 4.78 is 0.810. The second-order valence-corrected chi connectivity index (χ2v) is 4.29. The van der Waals surface area contributed by atoms with Gasteiger partial charge in [-0.15, -0.1) is 11.3 Å². The Kier molecular flexibility index (Phi) is 2.42. The largest absolute Gasteiger partial charge is 0.275 e. The van der Waals surface area contributed by atoms with Gasteiger partial charge in [-0.2, -0.15) is 0 Å². The topological polar surface area (TPSA) is 60.2 Å². The highest BCUT2D eigenvalue weighted by Crippen LogP contribution is 2.29. The molecule has 0 amide bonds. The predicted molar refractivity (Wildman–Crippen MR) is 58.7 cm³/mol. The van der Waals surface area contributed by atoms with Crippen LogP contribution in [0.1, 0.15) is 9.67 Å².